The molecule has 0 saturated heterocycles. The van der Waals surface area contributed by atoms with Crippen molar-refractivity contribution in [3.63, 3.8) is 0 Å². The summed E-state index contributed by atoms with van der Waals surface area (Å²) < 4.78 is 27.0. The molecule has 1 heterocycles. The van der Waals surface area contributed by atoms with Crippen LogP contribution in [-0.4, -0.2) is 20.4 Å². The van der Waals surface area contributed by atoms with E-state index in [0.717, 1.165) is 11.1 Å². The van der Waals surface area contributed by atoms with Crippen LogP contribution in [0.15, 0.2) is 47.5 Å². The molecule has 6 heteroatoms. The van der Waals surface area contributed by atoms with Gasteiger partial charge in [-0.05, 0) is 18.6 Å². The molecule has 1 aromatic carbocycles. The monoisotopic (exact) mass is 291 g/mol. The number of aryl methyl sites for hydroxylation is 1. The van der Waals surface area contributed by atoms with Gasteiger partial charge in [0.25, 0.3) is 0 Å². The zero-order chi connectivity index (χ0) is 14.6. The highest BCUT2D eigenvalue weighted by Crippen LogP contribution is 2.13. The van der Waals surface area contributed by atoms with Crippen LogP contribution in [0.25, 0.3) is 0 Å². The number of anilines is 1. The number of hydrogen-bond donors (Lipinski definition) is 2. The largest absolute Gasteiger partial charge is 0.373 e. The highest BCUT2D eigenvalue weighted by molar-refractivity contribution is 7.89. The number of nitrogens with zero attached hydrogens (tertiary/aromatic N) is 1. The van der Waals surface area contributed by atoms with E-state index < -0.39 is 10.0 Å². The van der Waals surface area contributed by atoms with Gasteiger partial charge >= 0.3 is 0 Å². The first kappa shape index (κ1) is 14.5. The van der Waals surface area contributed by atoms with Crippen LogP contribution in [0.5, 0.6) is 0 Å². The molecule has 5 nitrogen and oxygen atoms in total. The Morgan fingerprint density at radius 2 is 2.00 bits per heavy atom. The van der Waals surface area contributed by atoms with Gasteiger partial charge in [-0.25, -0.2) is 18.1 Å². The summed E-state index contributed by atoms with van der Waals surface area (Å²) in [5.74, 6) is 0.517. The van der Waals surface area contributed by atoms with Crippen LogP contribution in [0.1, 0.15) is 11.1 Å². The molecule has 1 aromatic heterocycles. The van der Waals surface area contributed by atoms with Crippen molar-refractivity contribution in [3.05, 3.63) is 53.7 Å². The van der Waals surface area contributed by atoms with Crippen molar-refractivity contribution in [1.82, 2.24) is 9.71 Å². The highest BCUT2D eigenvalue weighted by atomic mass is 32.2. The molecule has 0 aliphatic rings. The average Bonchev–Trinajstić information content (AvgIpc) is 2.45. The molecule has 0 saturated carbocycles. The van der Waals surface area contributed by atoms with Gasteiger partial charge in [-0.3, -0.25) is 0 Å². The second-order valence-electron chi connectivity index (χ2n) is 4.44. The molecule has 0 amide bonds. The Labute approximate surface area is 119 Å². The molecule has 20 heavy (non-hydrogen) atoms. The van der Waals surface area contributed by atoms with Gasteiger partial charge in [-0.2, -0.15) is 0 Å². The summed E-state index contributed by atoms with van der Waals surface area (Å²) >= 11 is 0. The van der Waals surface area contributed by atoms with E-state index in [0.29, 0.717) is 5.82 Å². The number of pyridine rings is 1. The summed E-state index contributed by atoms with van der Waals surface area (Å²) in [5.41, 5.74) is 2.03. The lowest BCUT2D eigenvalue weighted by atomic mass is 10.1. The summed E-state index contributed by atoms with van der Waals surface area (Å²) in [4.78, 5) is 4.20. The zero-order valence-electron chi connectivity index (χ0n) is 11.4. The minimum atomic E-state index is -3.53. The first-order chi connectivity index (χ1) is 9.51. The van der Waals surface area contributed by atoms with E-state index in [1.807, 2.05) is 31.2 Å². The fourth-order valence-electron chi connectivity index (χ4n) is 1.80. The van der Waals surface area contributed by atoms with Crippen molar-refractivity contribution in [2.45, 2.75) is 18.4 Å². The Kier molecular flexibility index (Phi) is 4.36. The molecule has 2 N–H and O–H groups in total. The summed E-state index contributed by atoms with van der Waals surface area (Å²) in [6, 6.07) is 10.7. The fourth-order valence-corrected chi connectivity index (χ4v) is 2.83. The molecule has 2 rings (SSSR count). The number of aromatic nitrogens is 1. The highest BCUT2D eigenvalue weighted by Gasteiger charge is 2.14. The van der Waals surface area contributed by atoms with Crippen LogP contribution in [0.3, 0.4) is 0 Å². The first-order valence-electron chi connectivity index (χ1n) is 6.20. The Morgan fingerprint density at radius 1 is 1.20 bits per heavy atom. The van der Waals surface area contributed by atoms with Gasteiger partial charge in [-0.15, -0.1) is 0 Å². The van der Waals surface area contributed by atoms with Crippen LogP contribution < -0.4 is 10.0 Å². The van der Waals surface area contributed by atoms with Crippen LogP contribution in [0.2, 0.25) is 0 Å². The van der Waals surface area contributed by atoms with Crippen molar-refractivity contribution >= 4 is 15.8 Å². The Morgan fingerprint density at radius 3 is 2.70 bits per heavy atom. The van der Waals surface area contributed by atoms with E-state index in [1.165, 1.54) is 18.3 Å². The maximum Gasteiger partial charge on any atom is 0.241 e. The molecule has 0 fully saturated rings. The summed E-state index contributed by atoms with van der Waals surface area (Å²) in [7, 11) is -1.84. The first-order valence-corrected chi connectivity index (χ1v) is 7.68. The van der Waals surface area contributed by atoms with E-state index in [2.05, 4.69) is 15.0 Å². The average molecular weight is 291 g/mol. The third-order valence-corrected chi connectivity index (χ3v) is 4.25. The zero-order valence-corrected chi connectivity index (χ0v) is 12.2. The molecule has 0 unspecified atom stereocenters. The predicted octanol–water partition coefficient (Wildman–Crippen LogP) is 1.91. The maximum absolute atomic E-state index is 12.2. The van der Waals surface area contributed by atoms with E-state index in [4.69, 9.17) is 0 Å². The quantitative estimate of drug-likeness (QED) is 0.883. The SMILES string of the molecule is CNc1cc(S(=O)(=O)NCc2cccc(C)c2)ccn1. The molecule has 0 bridgehead atoms. The predicted molar refractivity (Wildman–Crippen MR) is 79.0 cm³/mol. The van der Waals surface area contributed by atoms with Crippen molar-refractivity contribution < 1.29 is 8.42 Å². The van der Waals surface area contributed by atoms with E-state index in [1.54, 1.807) is 7.05 Å². The molecule has 0 radical (unpaired) electrons. The lowest BCUT2D eigenvalue weighted by molar-refractivity contribution is 0.581. The number of benzene rings is 1. The fraction of sp³-hybridized carbons (Fsp3) is 0.214. The summed E-state index contributed by atoms with van der Waals surface area (Å²) in [6.45, 7) is 2.24. The number of rotatable bonds is 5. The summed E-state index contributed by atoms with van der Waals surface area (Å²) in [6.07, 6.45) is 1.47. The second kappa shape index (κ2) is 6.02. The minimum Gasteiger partial charge on any atom is -0.373 e. The molecular weight excluding hydrogens is 274 g/mol. The number of hydrogen-bond acceptors (Lipinski definition) is 4. The van der Waals surface area contributed by atoms with Gasteiger partial charge in [0.05, 0.1) is 4.90 Å². The molecule has 2 aromatic rings. The minimum absolute atomic E-state index is 0.199. The number of sulfonamides is 1. The second-order valence-corrected chi connectivity index (χ2v) is 6.21. The van der Waals surface area contributed by atoms with Crippen molar-refractivity contribution in [3.8, 4) is 0 Å². The standard InChI is InChI=1S/C14H17N3O2S/c1-11-4-3-5-12(8-11)10-17-20(18,19)13-6-7-16-14(9-13)15-2/h3-9,17H,10H2,1-2H3,(H,15,16). The van der Waals surface area contributed by atoms with E-state index >= 15 is 0 Å². The van der Waals surface area contributed by atoms with Gasteiger partial charge < -0.3 is 5.32 Å². The van der Waals surface area contributed by atoms with E-state index in [9.17, 15) is 8.42 Å². The lowest BCUT2D eigenvalue weighted by Gasteiger charge is -2.08. The van der Waals surface area contributed by atoms with Crippen molar-refractivity contribution in [2.24, 2.45) is 0 Å². The van der Waals surface area contributed by atoms with Crippen LogP contribution in [0.4, 0.5) is 5.82 Å². The van der Waals surface area contributed by atoms with Crippen molar-refractivity contribution in [2.75, 3.05) is 12.4 Å². The lowest BCUT2D eigenvalue weighted by Crippen LogP contribution is -2.23. The van der Waals surface area contributed by atoms with Crippen molar-refractivity contribution in [1.29, 1.82) is 0 Å². The van der Waals surface area contributed by atoms with Gasteiger partial charge in [-0.1, -0.05) is 29.8 Å². The molecular formula is C14H17N3O2S. The van der Waals surface area contributed by atoms with Crippen LogP contribution >= 0.6 is 0 Å². The van der Waals surface area contributed by atoms with Gasteiger partial charge in [0.15, 0.2) is 0 Å². The smallest absolute Gasteiger partial charge is 0.241 e. The van der Waals surface area contributed by atoms with Crippen LogP contribution in [-0.2, 0) is 16.6 Å². The normalized spacial score (nSPS) is 11.3. The third-order valence-electron chi connectivity index (χ3n) is 2.85. The van der Waals surface area contributed by atoms with Gasteiger partial charge in [0.2, 0.25) is 10.0 Å². The van der Waals surface area contributed by atoms with E-state index in [-0.39, 0.29) is 11.4 Å². The van der Waals surface area contributed by atoms with Gasteiger partial charge in [0, 0.05) is 25.9 Å². The van der Waals surface area contributed by atoms with Gasteiger partial charge in [0.1, 0.15) is 5.82 Å². The Bertz CT molecular complexity index is 699. The molecule has 0 aliphatic carbocycles. The number of nitrogens with one attached hydrogen (secondary N) is 2. The molecule has 0 spiro atoms. The summed E-state index contributed by atoms with van der Waals surface area (Å²) in [5, 5.41) is 2.82. The Hall–Kier alpha value is -1.92. The maximum atomic E-state index is 12.2. The van der Waals surface area contributed by atoms with Crippen LogP contribution in [0, 0.1) is 6.92 Å². The topological polar surface area (TPSA) is 71.1 Å². The molecule has 106 valence electrons. The molecule has 0 aliphatic heterocycles. The Balaban J connectivity index is 2.15. The molecule has 0 atom stereocenters. The third kappa shape index (κ3) is 3.55.